The number of aromatic hydroxyl groups is 1. The number of phenols is 1. The van der Waals surface area contributed by atoms with Gasteiger partial charge in [0.2, 0.25) is 5.75 Å². The van der Waals surface area contributed by atoms with Crippen molar-refractivity contribution in [2.75, 3.05) is 6.54 Å². The SMILES string of the molecule is CC(C)(C)OC(=O)NCC=Cc1cc(C=O)c(O)c([N+](=O)[O-])c1. The Morgan fingerprint density at radius 2 is 2.09 bits per heavy atom. The van der Waals surface area contributed by atoms with Crippen molar-refractivity contribution < 1.29 is 24.4 Å². The van der Waals surface area contributed by atoms with E-state index in [2.05, 4.69) is 5.32 Å². The molecule has 8 nitrogen and oxygen atoms in total. The van der Waals surface area contributed by atoms with Crippen molar-refractivity contribution in [3.05, 3.63) is 39.4 Å². The molecule has 0 saturated carbocycles. The van der Waals surface area contributed by atoms with E-state index in [0.717, 1.165) is 6.07 Å². The molecule has 1 aromatic rings. The summed E-state index contributed by atoms with van der Waals surface area (Å²) >= 11 is 0. The number of carbonyl (C=O) groups is 2. The molecule has 1 aromatic carbocycles. The average Bonchev–Trinajstić information content (AvgIpc) is 2.42. The van der Waals surface area contributed by atoms with Crippen molar-refractivity contribution >= 4 is 24.1 Å². The van der Waals surface area contributed by atoms with Crippen LogP contribution >= 0.6 is 0 Å². The molecule has 0 aromatic heterocycles. The van der Waals surface area contributed by atoms with Gasteiger partial charge in [-0.05, 0) is 32.4 Å². The van der Waals surface area contributed by atoms with E-state index in [0.29, 0.717) is 11.8 Å². The van der Waals surface area contributed by atoms with Crippen molar-refractivity contribution in [3.63, 3.8) is 0 Å². The van der Waals surface area contributed by atoms with E-state index in [-0.39, 0.29) is 12.1 Å². The first-order valence-corrected chi connectivity index (χ1v) is 6.74. The second-order valence-electron chi connectivity index (χ2n) is 5.64. The van der Waals surface area contributed by atoms with Crippen LogP contribution in [-0.4, -0.2) is 34.6 Å². The molecule has 23 heavy (non-hydrogen) atoms. The monoisotopic (exact) mass is 322 g/mol. The number of phenolic OH excluding ortho intramolecular Hbond substituents is 1. The molecule has 0 radical (unpaired) electrons. The first-order chi connectivity index (χ1) is 10.6. The molecule has 0 aliphatic heterocycles. The number of rotatable bonds is 5. The molecule has 124 valence electrons. The molecule has 0 spiro atoms. The predicted molar refractivity (Wildman–Crippen MR) is 83.4 cm³/mol. The van der Waals surface area contributed by atoms with Gasteiger partial charge >= 0.3 is 11.8 Å². The number of alkyl carbamates (subject to hydrolysis) is 1. The first kappa shape index (κ1) is 18.1. The summed E-state index contributed by atoms with van der Waals surface area (Å²) in [5, 5.41) is 22.9. The predicted octanol–water partition coefficient (Wildman–Crippen LogP) is 2.65. The number of amides is 1. The van der Waals surface area contributed by atoms with Gasteiger partial charge in [0.1, 0.15) is 5.60 Å². The van der Waals surface area contributed by atoms with E-state index in [1.165, 1.54) is 18.2 Å². The molecular weight excluding hydrogens is 304 g/mol. The summed E-state index contributed by atoms with van der Waals surface area (Å²) in [5.41, 5.74) is -1.000. The van der Waals surface area contributed by atoms with Crippen molar-refractivity contribution in [1.29, 1.82) is 0 Å². The first-order valence-electron chi connectivity index (χ1n) is 6.74. The van der Waals surface area contributed by atoms with Crippen LogP contribution in [0.4, 0.5) is 10.5 Å². The van der Waals surface area contributed by atoms with Crippen LogP contribution in [0.5, 0.6) is 5.75 Å². The molecule has 0 heterocycles. The summed E-state index contributed by atoms with van der Waals surface area (Å²) in [5.74, 6) is -0.672. The Balaban J connectivity index is 2.77. The number of aldehydes is 1. The van der Waals surface area contributed by atoms with Crippen molar-refractivity contribution in [3.8, 4) is 5.75 Å². The second-order valence-corrected chi connectivity index (χ2v) is 5.64. The highest BCUT2D eigenvalue weighted by atomic mass is 16.6. The van der Waals surface area contributed by atoms with Gasteiger partial charge < -0.3 is 15.2 Å². The summed E-state index contributed by atoms with van der Waals surface area (Å²) in [6.45, 7) is 5.34. The van der Waals surface area contributed by atoms with Crippen molar-refractivity contribution in [2.45, 2.75) is 26.4 Å². The third kappa shape index (κ3) is 5.77. The number of hydrogen-bond acceptors (Lipinski definition) is 6. The molecule has 0 unspecified atom stereocenters. The number of nitro benzene ring substituents is 1. The van der Waals surface area contributed by atoms with Crippen LogP contribution in [0.2, 0.25) is 0 Å². The summed E-state index contributed by atoms with van der Waals surface area (Å²) in [6, 6.07) is 2.44. The lowest BCUT2D eigenvalue weighted by Gasteiger charge is -2.19. The van der Waals surface area contributed by atoms with Crippen LogP contribution in [-0.2, 0) is 4.74 Å². The largest absolute Gasteiger partial charge is 0.502 e. The summed E-state index contributed by atoms with van der Waals surface area (Å²) in [7, 11) is 0. The molecule has 0 atom stereocenters. The van der Waals surface area contributed by atoms with E-state index in [9.17, 15) is 24.8 Å². The van der Waals surface area contributed by atoms with Crippen LogP contribution in [0.1, 0.15) is 36.7 Å². The fourth-order valence-electron chi connectivity index (χ4n) is 1.64. The fraction of sp³-hybridized carbons (Fsp3) is 0.333. The maximum atomic E-state index is 11.4. The highest BCUT2D eigenvalue weighted by molar-refractivity contribution is 5.83. The van der Waals surface area contributed by atoms with Crippen LogP contribution in [0.25, 0.3) is 6.08 Å². The smallest absolute Gasteiger partial charge is 0.407 e. The molecule has 1 rings (SSSR count). The Morgan fingerprint density at radius 1 is 1.43 bits per heavy atom. The van der Waals surface area contributed by atoms with Gasteiger partial charge in [-0.25, -0.2) is 4.79 Å². The van der Waals surface area contributed by atoms with Crippen LogP contribution in [0.3, 0.4) is 0 Å². The molecule has 0 bridgehead atoms. The second kappa shape index (κ2) is 7.39. The Labute approximate surface area is 132 Å². The number of nitrogens with zero attached hydrogens (tertiary/aromatic N) is 1. The van der Waals surface area contributed by atoms with E-state index < -0.39 is 28.1 Å². The number of nitro groups is 1. The van der Waals surface area contributed by atoms with E-state index >= 15 is 0 Å². The van der Waals surface area contributed by atoms with Gasteiger partial charge in [-0.3, -0.25) is 14.9 Å². The van der Waals surface area contributed by atoms with Crippen molar-refractivity contribution in [1.82, 2.24) is 5.32 Å². The Kier molecular flexibility index (Phi) is 5.83. The molecule has 8 heteroatoms. The fourth-order valence-corrected chi connectivity index (χ4v) is 1.64. The number of hydrogen-bond donors (Lipinski definition) is 2. The van der Waals surface area contributed by atoms with E-state index in [1.807, 2.05) is 0 Å². The van der Waals surface area contributed by atoms with E-state index in [4.69, 9.17) is 4.74 Å². The van der Waals surface area contributed by atoms with Crippen LogP contribution in [0, 0.1) is 10.1 Å². The lowest BCUT2D eigenvalue weighted by molar-refractivity contribution is -0.385. The minimum absolute atomic E-state index is 0.139. The van der Waals surface area contributed by atoms with Gasteiger partial charge in [0.15, 0.2) is 6.29 Å². The molecule has 0 fully saturated rings. The molecule has 0 aliphatic rings. The molecule has 1 amide bonds. The zero-order valence-corrected chi connectivity index (χ0v) is 13.0. The number of ether oxygens (including phenoxy) is 1. The van der Waals surface area contributed by atoms with Gasteiger partial charge in [-0.15, -0.1) is 0 Å². The molecule has 0 aliphatic carbocycles. The lowest BCUT2D eigenvalue weighted by atomic mass is 10.1. The van der Waals surface area contributed by atoms with Gasteiger partial charge in [0.25, 0.3) is 0 Å². The van der Waals surface area contributed by atoms with Gasteiger partial charge in [0.05, 0.1) is 10.5 Å². The Morgan fingerprint density at radius 3 is 2.61 bits per heavy atom. The Hall–Kier alpha value is -2.90. The van der Waals surface area contributed by atoms with Gasteiger partial charge in [0, 0.05) is 12.6 Å². The number of carbonyl (C=O) groups excluding carboxylic acids is 2. The maximum absolute atomic E-state index is 11.4. The molecule has 0 saturated heterocycles. The standard InChI is InChI=1S/C15H18N2O6/c1-15(2,3)23-14(20)16-6-4-5-10-7-11(9-18)13(19)12(8-10)17(21)22/h4-5,7-9,19H,6H2,1-3H3,(H,16,20). The maximum Gasteiger partial charge on any atom is 0.407 e. The summed E-state index contributed by atoms with van der Waals surface area (Å²) in [6.07, 6.45) is 2.76. The summed E-state index contributed by atoms with van der Waals surface area (Å²) < 4.78 is 5.04. The summed E-state index contributed by atoms with van der Waals surface area (Å²) in [4.78, 5) is 32.3. The van der Waals surface area contributed by atoms with Crippen LogP contribution in [0.15, 0.2) is 18.2 Å². The molecule has 2 N–H and O–H groups in total. The highest BCUT2D eigenvalue weighted by Crippen LogP contribution is 2.30. The average molecular weight is 322 g/mol. The van der Waals surface area contributed by atoms with Crippen molar-refractivity contribution in [2.24, 2.45) is 0 Å². The molecular formula is C15H18N2O6. The quantitative estimate of drug-likeness (QED) is 0.488. The third-order valence-corrected chi connectivity index (χ3v) is 2.54. The third-order valence-electron chi connectivity index (χ3n) is 2.54. The number of nitrogens with one attached hydrogen (secondary N) is 1. The Bertz CT molecular complexity index is 646. The topological polar surface area (TPSA) is 119 Å². The van der Waals surface area contributed by atoms with Gasteiger partial charge in [-0.2, -0.15) is 0 Å². The highest BCUT2D eigenvalue weighted by Gasteiger charge is 2.18. The normalized spacial score (nSPS) is 11.3. The zero-order valence-electron chi connectivity index (χ0n) is 13.0. The lowest BCUT2D eigenvalue weighted by Crippen LogP contribution is -2.32. The van der Waals surface area contributed by atoms with Crippen LogP contribution < -0.4 is 5.32 Å². The zero-order chi connectivity index (χ0) is 17.6. The van der Waals surface area contributed by atoms with Gasteiger partial charge in [-0.1, -0.05) is 12.2 Å². The minimum atomic E-state index is -0.779. The van der Waals surface area contributed by atoms with E-state index in [1.54, 1.807) is 20.8 Å². The minimum Gasteiger partial charge on any atom is -0.502 e. The number of benzene rings is 1.